The number of ether oxygens (including phenoxy) is 1. The molecule has 10 heteroatoms. The van der Waals surface area contributed by atoms with Crippen LogP contribution in [0.3, 0.4) is 0 Å². The van der Waals surface area contributed by atoms with Gasteiger partial charge in [0.25, 0.3) is 0 Å². The van der Waals surface area contributed by atoms with Gasteiger partial charge in [-0.3, -0.25) is 9.59 Å². The maximum absolute atomic E-state index is 12.7. The number of hydrogen-bond acceptors (Lipinski definition) is 5. The molecule has 0 spiro atoms. The molecule has 0 heterocycles. The molecule has 2 rings (SSSR count). The zero-order valence-corrected chi connectivity index (χ0v) is 18.4. The van der Waals surface area contributed by atoms with E-state index in [0.29, 0.717) is 25.7 Å². The normalized spacial score (nSPS) is 20.7. The highest BCUT2D eigenvalue weighted by molar-refractivity contribution is 5.86. The molecule has 0 saturated heterocycles. The fraction of sp³-hybridized carbons (Fsp3) is 0.591. The Balaban J connectivity index is 1.90. The molecular weight excluding hydrogens is 425 g/mol. The van der Waals surface area contributed by atoms with E-state index in [2.05, 4.69) is 15.4 Å². The number of nitrogens with two attached hydrogens (primary N) is 1. The molecule has 1 aliphatic rings. The second-order valence-electron chi connectivity index (χ2n) is 8.66. The van der Waals surface area contributed by atoms with Crippen molar-refractivity contribution in [1.29, 1.82) is 5.26 Å². The minimum atomic E-state index is -4.91. The lowest BCUT2D eigenvalue weighted by molar-refractivity contribution is -0.274. The summed E-state index contributed by atoms with van der Waals surface area (Å²) in [6.45, 7) is 5.28. The molecule has 1 aromatic carbocycles. The predicted octanol–water partition coefficient (Wildman–Crippen LogP) is 3.12. The van der Waals surface area contributed by atoms with Crippen LogP contribution in [0.25, 0.3) is 0 Å². The molecule has 2 amide bonds. The van der Waals surface area contributed by atoms with Gasteiger partial charge in [0.2, 0.25) is 11.8 Å². The molecule has 176 valence electrons. The number of alkyl halides is 3. The number of rotatable bonds is 7. The van der Waals surface area contributed by atoms with E-state index in [-0.39, 0.29) is 47.4 Å². The highest BCUT2D eigenvalue weighted by Crippen LogP contribution is 2.29. The summed E-state index contributed by atoms with van der Waals surface area (Å²) in [4.78, 5) is 24.9. The van der Waals surface area contributed by atoms with Gasteiger partial charge < -0.3 is 21.1 Å². The Labute approximate surface area is 185 Å². The van der Waals surface area contributed by atoms with Crippen molar-refractivity contribution in [2.45, 2.75) is 70.9 Å². The van der Waals surface area contributed by atoms with Gasteiger partial charge >= 0.3 is 6.36 Å². The number of halogens is 3. The monoisotopic (exact) mass is 454 g/mol. The van der Waals surface area contributed by atoms with Crippen LogP contribution in [0.4, 0.5) is 13.2 Å². The van der Waals surface area contributed by atoms with Crippen molar-refractivity contribution in [3.05, 3.63) is 29.3 Å². The van der Waals surface area contributed by atoms with Crippen molar-refractivity contribution >= 4 is 11.8 Å². The van der Waals surface area contributed by atoms with E-state index in [0.717, 1.165) is 6.07 Å². The van der Waals surface area contributed by atoms with Crippen molar-refractivity contribution < 1.29 is 27.5 Å². The number of hydrogen-bond donors (Lipinski definition) is 3. The summed E-state index contributed by atoms with van der Waals surface area (Å²) in [6.07, 6.45) is -2.61. The summed E-state index contributed by atoms with van der Waals surface area (Å²) in [7, 11) is 0. The zero-order chi connectivity index (χ0) is 24.1. The highest BCUT2D eigenvalue weighted by atomic mass is 19.4. The number of carbonyl (C=O) groups excluding carboxylic acids is 2. The summed E-state index contributed by atoms with van der Waals surface area (Å²) in [6, 6.07) is 5.36. The molecule has 0 unspecified atom stereocenters. The number of nitrogens with one attached hydrogen (secondary N) is 2. The summed E-state index contributed by atoms with van der Waals surface area (Å²) < 4.78 is 42.0. The van der Waals surface area contributed by atoms with E-state index in [4.69, 9.17) is 11.0 Å². The Morgan fingerprint density at radius 3 is 2.41 bits per heavy atom. The Bertz CT molecular complexity index is 870. The first-order valence-corrected chi connectivity index (χ1v) is 10.5. The molecule has 1 fully saturated rings. The van der Waals surface area contributed by atoms with E-state index in [9.17, 15) is 22.8 Å². The molecule has 0 bridgehead atoms. The van der Waals surface area contributed by atoms with Crippen LogP contribution in [-0.2, 0) is 16.1 Å². The van der Waals surface area contributed by atoms with Gasteiger partial charge in [0, 0.05) is 24.1 Å². The quantitative estimate of drug-likeness (QED) is 0.585. The van der Waals surface area contributed by atoms with Crippen LogP contribution in [0.5, 0.6) is 5.75 Å². The molecule has 32 heavy (non-hydrogen) atoms. The van der Waals surface area contributed by atoms with Gasteiger partial charge in [-0.05, 0) is 50.7 Å². The second kappa shape index (κ2) is 10.2. The molecule has 4 N–H and O–H groups in total. The minimum absolute atomic E-state index is 0.0192. The van der Waals surface area contributed by atoms with E-state index < -0.39 is 17.7 Å². The number of nitriles is 1. The summed E-state index contributed by atoms with van der Waals surface area (Å²) in [5, 5.41) is 14.5. The second-order valence-corrected chi connectivity index (χ2v) is 8.66. The van der Waals surface area contributed by atoms with Crippen molar-refractivity contribution in [2.75, 3.05) is 0 Å². The number of amides is 2. The van der Waals surface area contributed by atoms with Crippen LogP contribution >= 0.6 is 0 Å². The molecular formula is C22H29F3N4O3. The van der Waals surface area contributed by atoms with Crippen LogP contribution in [0.2, 0.25) is 0 Å². The highest BCUT2D eigenvalue weighted by Gasteiger charge is 2.35. The predicted molar refractivity (Wildman–Crippen MR) is 111 cm³/mol. The van der Waals surface area contributed by atoms with Crippen LogP contribution < -0.4 is 21.1 Å². The molecule has 1 aliphatic carbocycles. The van der Waals surface area contributed by atoms with Gasteiger partial charge in [-0.1, -0.05) is 19.9 Å². The lowest BCUT2D eigenvalue weighted by Crippen LogP contribution is -2.57. The third-order valence-corrected chi connectivity index (χ3v) is 6.00. The number of nitrogens with zero attached hydrogens (tertiary/aromatic N) is 1. The Kier molecular flexibility index (Phi) is 8.13. The zero-order valence-electron chi connectivity index (χ0n) is 18.4. The molecule has 1 aromatic rings. The van der Waals surface area contributed by atoms with E-state index in [1.807, 2.05) is 13.8 Å². The Hall–Kier alpha value is -2.80. The van der Waals surface area contributed by atoms with E-state index in [1.165, 1.54) is 12.1 Å². The number of carbonyl (C=O) groups is 2. The maximum Gasteiger partial charge on any atom is 0.573 e. The van der Waals surface area contributed by atoms with Gasteiger partial charge in [-0.15, -0.1) is 13.2 Å². The summed E-state index contributed by atoms with van der Waals surface area (Å²) in [5.74, 6) is -1.35. The standard InChI is InChI=1S/C22H29F3N4O3/c1-13(2)21(3,27)20(31)29-17-8-6-15(7-9-17)19(30)28-12-16-5-4-14(11-26)10-18(16)32-22(23,24)25/h4-5,10,13,15,17H,6-9,12,27H2,1-3H3,(H,28,30)(H,29,31)/t15-,17+,21-/m1/s1. The van der Waals surface area contributed by atoms with Crippen LogP contribution in [0.15, 0.2) is 18.2 Å². The van der Waals surface area contributed by atoms with Crippen molar-refractivity contribution in [3.8, 4) is 11.8 Å². The molecule has 0 radical (unpaired) electrons. The molecule has 0 aromatic heterocycles. The van der Waals surface area contributed by atoms with Crippen molar-refractivity contribution in [1.82, 2.24) is 10.6 Å². The average molecular weight is 454 g/mol. The van der Waals surface area contributed by atoms with E-state index in [1.54, 1.807) is 13.0 Å². The SMILES string of the molecule is CC(C)[C@@](C)(N)C(=O)N[C@H]1CC[C@@H](C(=O)NCc2ccc(C#N)cc2OC(F)(F)F)CC1. The van der Waals surface area contributed by atoms with Crippen molar-refractivity contribution in [3.63, 3.8) is 0 Å². The van der Waals surface area contributed by atoms with Gasteiger partial charge in [0.1, 0.15) is 5.75 Å². The van der Waals surface area contributed by atoms with Gasteiger partial charge in [0.15, 0.2) is 0 Å². The fourth-order valence-electron chi connectivity index (χ4n) is 3.42. The van der Waals surface area contributed by atoms with Crippen molar-refractivity contribution in [2.24, 2.45) is 17.6 Å². The first kappa shape index (κ1) is 25.5. The fourth-order valence-corrected chi connectivity index (χ4v) is 3.42. The Morgan fingerprint density at radius 2 is 1.88 bits per heavy atom. The average Bonchev–Trinajstić information content (AvgIpc) is 2.71. The largest absolute Gasteiger partial charge is 0.573 e. The Morgan fingerprint density at radius 1 is 1.25 bits per heavy atom. The van der Waals surface area contributed by atoms with Crippen LogP contribution in [0.1, 0.15) is 57.6 Å². The molecule has 0 aliphatic heterocycles. The smallest absolute Gasteiger partial charge is 0.405 e. The van der Waals surface area contributed by atoms with Gasteiger partial charge in [-0.25, -0.2) is 0 Å². The minimum Gasteiger partial charge on any atom is -0.405 e. The van der Waals surface area contributed by atoms with Gasteiger partial charge in [-0.2, -0.15) is 5.26 Å². The van der Waals surface area contributed by atoms with Crippen LogP contribution in [-0.4, -0.2) is 29.8 Å². The lowest BCUT2D eigenvalue weighted by Gasteiger charge is -2.33. The van der Waals surface area contributed by atoms with Crippen LogP contribution in [0, 0.1) is 23.2 Å². The third-order valence-electron chi connectivity index (χ3n) is 6.00. The lowest BCUT2D eigenvalue weighted by atomic mass is 9.84. The maximum atomic E-state index is 12.7. The number of benzene rings is 1. The summed E-state index contributed by atoms with van der Waals surface area (Å²) in [5.41, 5.74) is 5.24. The topological polar surface area (TPSA) is 117 Å². The van der Waals surface area contributed by atoms with E-state index >= 15 is 0 Å². The first-order chi connectivity index (χ1) is 14.8. The molecule has 1 saturated carbocycles. The molecule has 7 nitrogen and oxygen atoms in total. The summed E-state index contributed by atoms with van der Waals surface area (Å²) >= 11 is 0. The van der Waals surface area contributed by atoms with Gasteiger partial charge in [0.05, 0.1) is 17.2 Å². The molecule has 1 atom stereocenters. The first-order valence-electron chi connectivity index (χ1n) is 10.5. The third kappa shape index (κ3) is 6.85.